The van der Waals surface area contributed by atoms with Crippen molar-refractivity contribution in [3.05, 3.63) is 48.0 Å². The van der Waals surface area contributed by atoms with Crippen LogP contribution in [0.2, 0.25) is 0 Å². The third-order valence-corrected chi connectivity index (χ3v) is 4.29. The van der Waals surface area contributed by atoms with Crippen LogP contribution in [0.3, 0.4) is 0 Å². The molecule has 3 heteroatoms. The molecule has 1 atom stereocenters. The molecule has 0 aliphatic rings. The van der Waals surface area contributed by atoms with Gasteiger partial charge in [-0.25, -0.2) is 0 Å². The molecule has 1 unspecified atom stereocenters. The Kier molecular flexibility index (Phi) is 3.92. The highest BCUT2D eigenvalue weighted by atomic mass is 32.2. The number of thioether (sulfide) groups is 1. The van der Waals surface area contributed by atoms with Crippen LogP contribution in [0.15, 0.2) is 42.5 Å². The standard InChI is InChI=1S/C15H18N2S/c1-10(2)14(18-15(16)17)13-8-7-11-5-3-4-6-12(11)9-13/h3-10,14H,1-2H3,(H3,16,17). The zero-order chi connectivity index (χ0) is 13.1. The maximum absolute atomic E-state index is 7.47. The van der Waals surface area contributed by atoms with Crippen molar-refractivity contribution >= 4 is 27.7 Å². The number of nitrogens with two attached hydrogens (primary N) is 1. The average molecular weight is 258 g/mol. The smallest absolute Gasteiger partial charge is 0.151 e. The van der Waals surface area contributed by atoms with Gasteiger partial charge in [0.15, 0.2) is 5.17 Å². The van der Waals surface area contributed by atoms with Gasteiger partial charge in [0.2, 0.25) is 0 Å². The van der Waals surface area contributed by atoms with Gasteiger partial charge < -0.3 is 5.73 Å². The van der Waals surface area contributed by atoms with E-state index in [9.17, 15) is 0 Å². The third kappa shape index (κ3) is 2.85. The SMILES string of the molecule is CC(C)C(SC(=N)N)c1ccc2ccccc2c1. The number of nitrogens with one attached hydrogen (secondary N) is 1. The van der Waals surface area contributed by atoms with Crippen molar-refractivity contribution < 1.29 is 0 Å². The topological polar surface area (TPSA) is 49.9 Å². The van der Waals surface area contributed by atoms with Gasteiger partial charge in [0.05, 0.1) is 0 Å². The Hall–Kier alpha value is -1.48. The molecule has 0 heterocycles. The number of amidine groups is 1. The van der Waals surface area contributed by atoms with Crippen LogP contribution in [0.25, 0.3) is 10.8 Å². The van der Waals surface area contributed by atoms with Crippen LogP contribution in [0.4, 0.5) is 0 Å². The molecule has 0 saturated heterocycles. The first kappa shape index (κ1) is 13.0. The van der Waals surface area contributed by atoms with Crippen molar-refractivity contribution in [2.24, 2.45) is 11.7 Å². The van der Waals surface area contributed by atoms with Crippen molar-refractivity contribution in [1.29, 1.82) is 5.41 Å². The summed E-state index contributed by atoms with van der Waals surface area (Å²) in [6, 6.07) is 14.8. The maximum Gasteiger partial charge on any atom is 0.151 e. The monoisotopic (exact) mass is 258 g/mol. The van der Waals surface area contributed by atoms with E-state index in [0.717, 1.165) is 0 Å². The summed E-state index contributed by atoms with van der Waals surface area (Å²) in [4.78, 5) is 0. The molecule has 0 saturated carbocycles. The summed E-state index contributed by atoms with van der Waals surface area (Å²) in [6.07, 6.45) is 0. The van der Waals surface area contributed by atoms with Gasteiger partial charge in [-0.1, -0.05) is 68.1 Å². The van der Waals surface area contributed by atoms with Crippen LogP contribution in [0.5, 0.6) is 0 Å². The molecule has 0 aromatic heterocycles. The van der Waals surface area contributed by atoms with Crippen molar-refractivity contribution in [1.82, 2.24) is 0 Å². The van der Waals surface area contributed by atoms with Crippen LogP contribution in [0, 0.1) is 11.3 Å². The van der Waals surface area contributed by atoms with E-state index < -0.39 is 0 Å². The molecular weight excluding hydrogens is 240 g/mol. The maximum atomic E-state index is 7.47. The van der Waals surface area contributed by atoms with E-state index in [1.165, 1.54) is 28.1 Å². The Labute approximate surface area is 112 Å². The molecule has 2 rings (SSSR count). The van der Waals surface area contributed by atoms with Gasteiger partial charge >= 0.3 is 0 Å². The minimum absolute atomic E-state index is 0.182. The van der Waals surface area contributed by atoms with E-state index in [2.05, 4.69) is 50.2 Å². The van der Waals surface area contributed by atoms with Gasteiger partial charge in [-0.15, -0.1) is 0 Å². The molecule has 0 aliphatic heterocycles. The number of benzene rings is 2. The summed E-state index contributed by atoms with van der Waals surface area (Å²) < 4.78 is 0. The van der Waals surface area contributed by atoms with E-state index in [1.807, 2.05) is 6.07 Å². The molecule has 2 aromatic rings. The van der Waals surface area contributed by atoms with Crippen molar-refractivity contribution in [3.63, 3.8) is 0 Å². The van der Waals surface area contributed by atoms with Crippen LogP contribution in [-0.4, -0.2) is 5.17 Å². The summed E-state index contributed by atoms with van der Waals surface area (Å²) in [6.45, 7) is 4.32. The minimum atomic E-state index is 0.182. The van der Waals surface area contributed by atoms with Crippen molar-refractivity contribution in [3.8, 4) is 0 Å². The largest absolute Gasteiger partial charge is 0.379 e. The second-order valence-corrected chi connectivity index (χ2v) is 5.94. The first-order valence-corrected chi connectivity index (χ1v) is 6.95. The van der Waals surface area contributed by atoms with Gasteiger partial charge in [-0.2, -0.15) is 0 Å². The van der Waals surface area contributed by atoms with Gasteiger partial charge in [-0.05, 0) is 22.3 Å². The van der Waals surface area contributed by atoms with E-state index in [1.54, 1.807) is 0 Å². The molecule has 2 nitrogen and oxygen atoms in total. The lowest BCUT2D eigenvalue weighted by Gasteiger charge is -2.20. The molecule has 2 aromatic carbocycles. The van der Waals surface area contributed by atoms with E-state index in [-0.39, 0.29) is 10.4 Å². The lowest BCUT2D eigenvalue weighted by molar-refractivity contribution is 0.634. The number of rotatable bonds is 3. The first-order valence-electron chi connectivity index (χ1n) is 6.07. The summed E-state index contributed by atoms with van der Waals surface area (Å²) >= 11 is 1.43. The fourth-order valence-corrected chi connectivity index (χ4v) is 2.94. The number of hydrogen-bond acceptors (Lipinski definition) is 2. The molecule has 0 spiro atoms. The summed E-state index contributed by atoms with van der Waals surface area (Å²) in [5.41, 5.74) is 6.77. The number of hydrogen-bond donors (Lipinski definition) is 2. The Morgan fingerprint density at radius 2 is 1.78 bits per heavy atom. The van der Waals surface area contributed by atoms with Crippen LogP contribution in [-0.2, 0) is 0 Å². The van der Waals surface area contributed by atoms with Gasteiger partial charge in [-0.3, -0.25) is 5.41 Å². The first-order chi connectivity index (χ1) is 8.58. The predicted molar refractivity (Wildman–Crippen MR) is 81.0 cm³/mol. The van der Waals surface area contributed by atoms with Gasteiger partial charge in [0, 0.05) is 5.25 Å². The molecule has 0 aliphatic carbocycles. The Balaban J connectivity index is 2.41. The van der Waals surface area contributed by atoms with E-state index in [4.69, 9.17) is 11.1 Å². The quantitative estimate of drug-likeness (QED) is 0.641. The third-order valence-electron chi connectivity index (χ3n) is 2.96. The zero-order valence-corrected chi connectivity index (χ0v) is 11.5. The fraction of sp³-hybridized carbons (Fsp3) is 0.267. The molecule has 18 heavy (non-hydrogen) atoms. The van der Waals surface area contributed by atoms with Crippen LogP contribution < -0.4 is 5.73 Å². The highest BCUT2D eigenvalue weighted by Crippen LogP contribution is 2.36. The second-order valence-electron chi connectivity index (χ2n) is 4.75. The molecule has 0 radical (unpaired) electrons. The van der Waals surface area contributed by atoms with Gasteiger partial charge in [0.1, 0.15) is 0 Å². The Morgan fingerprint density at radius 3 is 2.39 bits per heavy atom. The van der Waals surface area contributed by atoms with E-state index in [0.29, 0.717) is 5.92 Å². The molecular formula is C15H18N2S. The van der Waals surface area contributed by atoms with E-state index >= 15 is 0 Å². The Morgan fingerprint density at radius 1 is 1.11 bits per heavy atom. The molecule has 0 bridgehead atoms. The van der Waals surface area contributed by atoms with Crippen LogP contribution >= 0.6 is 11.8 Å². The summed E-state index contributed by atoms with van der Waals surface area (Å²) in [5.74, 6) is 0.445. The van der Waals surface area contributed by atoms with Crippen LogP contribution in [0.1, 0.15) is 24.7 Å². The molecule has 0 amide bonds. The highest BCUT2D eigenvalue weighted by molar-refractivity contribution is 8.13. The molecule has 0 fully saturated rings. The number of fused-ring (bicyclic) bond motifs is 1. The lowest BCUT2D eigenvalue weighted by Crippen LogP contribution is -2.11. The fourth-order valence-electron chi connectivity index (χ4n) is 2.11. The molecule has 94 valence electrons. The zero-order valence-electron chi connectivity index (χ0n) is 10.7. The average Bonchev–Trinajstić information content (AvgIpc) is 2.35. The highest BCUT2D eigenvalue weighted by Gasteiger charge is 2.18. The molecule has 3 N–H and O–H groups in total. The van der Waals surface area contributed by atoms with Gasteiger partial charge in [0.25, 0.3) is 0 Å². The lowest BCUT2D eigenvalue weighted by atomic mass is 9.99. The minimum Gasteiger partial charge on any atom is -0.379 e. The Bertz CT molecular complexity index is 563. The predicted octanol–water partition coefficient (Wildman–Crippen LogP) is 4.16. The van der Waals surface area contributed by atoms with Crippen molar-refractivity contribution in [2.75, 3.05) is 0 Å². The second kappa shape index (κ2) is 5.44. The van der Waals surface area contributed by atoms with Crippen molar-refractivity contribution in [2.45, 2.75) is 19.1 Å². The summed E-state index contributed by atoms with van der Waals surface area (Å²) in [7, 11) is 0. The summed E-state index contributed by atoms with van der Waals surface area (Å²) in [5, 5.41) is 10.4. The normalized spacial score (nSPS) is 12.8.